The van der Waals surface area contributed by atoms with Crippen LogP contribution in [0.4, 0.5) is 0 Å². The fraction of sp³-hybridized carbons (Fsp3) is 0.143. The largest absolute Gasteiger partial charge is 0.460 e. The highest BCUT2D eigenvalue weighted by molar-refractivity contribution is 6.31. The van der Waals surface area contributed by atoms with Crippen LogP contribution in [0.1, 0.15) is 36.8 Å². The molecule has 4 rings (SSSR count). The standard InChI is InChI=1S/C21H15ClN2O4/c1-12-17(11-13-10-14(22)6-7-18(13)23-12)21(27)28-9-8-24-19(25)15-4-2-3-5-16(15)20(24)26/h2-7,10-11H,8-9H2,1H3. The van der Waals surface area contributed by atoms with Crippen LogP contribution in [0.3, 0.4) is 0 Å². The number of carbonyl (C=O) groups is 3. The summed E-state index contributed by atoms with van der Waals surface area (Å²) in [5, 5.41) is 1.27. The first-order valence-electron chi connectivity index (χ1n) is 8.65. The maximum absolute atomic E-state index is 12.5. The van der Waals surface area contributed by atoms with Crippen LogP contribution < -0.4 is 0 Å². The van der Waals surface area contributed by atoms with Gasteiger partial charge in [-0.1, -0.05) is 23.7 Å². The smallest absolute Gasteiger partial charge is 0.340 e. The van der Waals surface area contributed by atoms with E-state index in [0.717, 1.165) is 15.8 Å². The van der Waals surface area contributed by atoms with Crippen LogP contribution in [-0.2, 0) is 4.74 Å². The van der Waals surface area contributed by atoms with E-state index in [4.69, 9.17) is 16.3 Å². The summed E-state index contributed by atoms with van der Waals surface area (Å²) in [6, 6.07) is 13.5. The molecule has 0 spiro atoms. The molecule has 28 heavy (non-hydrogen) atoms. The molecule has 0 bridgehead atoms. The third kappa shape index (κ3) is 3.12. The van der Waals surface area contributed by atoms with Crippen molar-refractivity contribution in [3.8, 4) is 0 Å². The third-order valence-corrected chi connectivity index (χ3v) is 4.85. The van der Waals surface area contributed by atoms with Crippen molar-refractivity contribution < 1.29 is 19.1 Å². The van der Waals surface area contributed by atoms with Crippen LogP contribution in [0.5, 0.6) is 0 Å². The molecule has 0 atom stereocenters. The van der Waals surface area contributed by atoms with Crippen LogP contribution in [0.25, 0.3) is 10.9 Å². The van der Waals surface area contributed by atoms with Gasteiger partial charge in [-0.2, -0.15) is 0 Å². The quantitative estimate of drug-likeness (QED) is 0.498. The van der Waals surface area contributed by atoms with Gasteiger partial charge in [-0.05, 0) is 43.3 Å². The Bertz CT molecular complexity index is 1110. The molecular formula is C21H15ClN2O4. The molecular weight excluding hydrogens is 380 g/mol. The topological polar surface area (TPSA) is 76.6 Å². The van der Waals surface area contributed by atoms with Crippen molar-refractivity contribution in [2.75, 3.05) is 13.2 Å². The van der Waals surface area contributed by atoms with Gasteiger partial charge < -0.3 is 4.74 Å². The fourth-order valence-electron chi connectivity index (χ4n) is 3.20. The minimum atomic E-state index is -0.566. The van der Waals surface area contributed by atoms with Crippen LogP contribution in [0.2, 0.25) is 5.02 Å². The van der Waals surface area contributed by atoms with E-state index in [1.807, 2.05) is 0 Å². The number of carbonyl (C=O) groups excluding carboxylic acids is 3. The molecule has 6 nitrogen and oxygen atoms in total. The Balaban J connectivity index is 1.46. The van der Waals surface area contributed by atoms with Crippen molar-refractivity contribution in [2.24, 2.45) is 0 Å². The van der Waals surface area contributed by atoms with E-state index in [0.29, 0.717) is 27.4 Å². The molecule has 0 N–H and O–H groups in total. The molecule has 7 heteroatoms. The van der Waals surface area contributed by atoms with Crippen LogP contribution in [0.15, 0.2) is 48.5 Å². The van der Waals surface area contributed by atoms with Crippen LogP contribution in [0, 0.1) is 6.92 Å². The Kier molecular flexibility index (Phi) is 4.57. The SMILES string of the molecule is Cc1nc2ccc(Cl)cc2cc1C(=O)OCCN1C(=O)c2ccccc2C1=O. The molecule has 2 aromatic carbocycles. The number of fused-ring (bicyclic) bond motifs is 2. The average Bonchev–Trinajstić information content (AvgIpc) is 2.93. The highest BCUT2D eigenvalue weighted by atomic mass is 35.5. The molecule has 1 aliphatic heterocycles. The second-order valence-corrected chi connectivity index (χ2v) is 6.84. The van der Waals surface area contributed by atoms with Gasteiger partial charge in [0.15, 0.2) is 0 Å². The third-order valence-electron chi connectivity index (χ3n) is 4.61. The second-order valence-electron chi connectivity index (χ2n) is 6.40. The maximum Gasteiger partial charge on any atom is 0.340 e. The normalized spacial score (nSPS) is 13.1. The molecule has 0 unspecified atom stereocenters. The van der Waals surface area contributed by atoms with Crippen molar-refractivity contribution in [2.45, 2.75) is 6.92 Å². The van der Waals surface area contributed by atoms with Gasteiger partial charge in [0.1, 0.15) is 6.61 Å². The number of benzene rings is 2. The van der Waals surface area contributed by atoms with Crippen molar-refractivity contribution in [1.82, 2.24) is 9.88 Å². The summed E-state index contributed by atoms with van der Waals surface area (Å²) in [6.07, 6.45) is 0. The number of hydrogen-bond donors (Lipinski definition) is 0. The number of imide groups is 1. The summed E-state index contributed by atoms with van der Waals surface area (Å²) in [6.45, 7) is 1.61. The number of hydrogen-bond acceptors (Lipinski definition) is 5. The zero-order valence-corrected chi connectivity index (χ0v) is 15.7. The summed E-state index contributed by atoms with van der Waals surface area (Å²) in [7, 11) is 0. The van der Waals surface area contributed by atoms with Crippen molar-refractivity contribution in [3.05, 3.63) is 75.9 Å². The highest BCUT2D eigenvalue weighted by Crippen LogP contribution is 2.23. The monoisotopic (exact) mass is 394 g/mol. The molecule has 3 aromatic rings. The minimum absolute atomic E-state index is 0.00995. The van der Waals surface area contributed by atoms with E-state index in [1.54, 1.807) is 55.5 Å². The number of halogens is 1. The maximum atomic E-state index is 12.5. The summed E-state index contributed by atoms with van der Waals surface area (Å²) in [5.74, 6) is -1.33. The lowest BCUT2D eigenvalue weighted by Gasteiger charge is -2.14. The van der Waals surface area contributed by atoms with Gasteiger partial charge in [0, 0.05) is 10.4 Å². The van der Waals surface area contributed by atoms with E-state index in [2.05, 4.69) is 4.98 Å². The Labute approximate surface area is 165 Å². The lowest BCUT2D eigenvalue weighted by molar-refractivity contribution is 0.0419. The average molecular weight is 395 g/mol. The lowest BCUT2D eigenvalue weighted by Crippen LogP contribution is -2.33. The van der Waals surface area contributed by atoms with Crippen molar-refractivity contribution in [3.63, 3.8) is 0 Å². The number of rotatable bonds is 4. The summed E-state index contributed by atoms with van der Waals surface area (Å²) in [4.78, 5) is 42.6. The summed E-state index contributed by atoms with van der Waals surface area (Å²) in [5.41, 5.74) is 2.30. The number of amides is 2. The molecule has 1 aliphatic rings. The summed E-state index contributed by atoms with van der Waals surface area (Å²) >= 11 is 6.00. The number of aromatic nitrogens is 1. The first-order valence-corrected chi connectivity index (χ1v) is 9.03. The van der Waals surface area contributed by atoms with E-state index in [9.17, 15) is 14.4 Å². The van der Waals surface area contributed by atoms with Gasteiger partial charge in [-0.15, -0.1) is 0 Å². The zero-order valence-electron chi connectivity index (χ0n) is 14.9. The van der Waals surface area contributed by atoms with E-state index in [-0.39, 0.29) is 25.0 Å². The van der Waals surface area contributed by atoms with Crippen LogP contribution >= 0.6 is 11.6 Å². The Morgan fingerprint density at radius 2 is 1.75 bits per heavy atom. The minimum Gasteiger partial charge on any atom is -0.460 e. The van der Waals surface area contributed by atoms with Crippen molar-refractivity contribution in [1.29, 1.82) is 0 Å². The number of nitrogens with zero attached hydrogens (tertiary/aromatic N) is 2. The van der Waals surface area contributed by atoms with Crippen molar-refractivity contribution >= 4 is 40.3 Å². The molecule has 140 valence electrons. The van der Waals surface area contributed by atoms with Gasteiger partial charge >= 0.3 is 5.97 Å². The molecule has 1 aromatic heterocycles. The molecule has 2 amide bonds. The number of esters is 1. The Morgan fingerprint density at radius 1 is 1.07 bits per heavy atom. The predicted octanol–water partition coefficient (Wildman–Crippen LogP) is 3.65. The fourth-order valence-corrected chi connectivity index (χ4v) is 3.38. The van der Waals surface area contributed by atoms with Gasteiger partial charge in [0.05, 0.1) is 34.4 Å². The zero-order chi connectivity index (χ0) is 19.8. The molecule has 0 saturated carbocycles. The first-order chi connectivity index (χ1) is 13.5. The van der Waals surface area contributed by atoms with E-state index < -0.39 is 5.97 Å². The van der Waals surface area contributed by atoms with E-state index in [1.165, 1.54) is 0 Å². The van der Waals surface area contributed by atoms with Gasteiger partial charge in [0.25, 0.3) is 11.8 Å². The number of aryl methyl sites for hydroxylation is 1. The number of ether oxygens (including phenoxy) is 1. The second kappa shape index (κ2) is 7.05. The Hall–Kier alpha value is -3.25. The van der Waals surface area contributed by atoms with Gasteiger partial charge in [-0.3, -0.25) is 19.5 Å². The molecule has 0 saturated heterocycles. The molecule has 0 radical (unpaired) electrons. The molecule has 0 fully saturated rings. The van der Waals surface area contributed by atoms with Crippen LogP contribution in [-0.4, -0.2) is 40.8 Å². The summed E-state index contributed by atoms with van der Waals surface area (Å²) < 4.78 is 5.29. The molecule has 0 aliphatic carbocycles. The predicted molar refractivity (Wildman–Crippen MR) is 104 cm³/mol. The van der Waals surface area contributed by atoms with Gasteiger partial charge in [-0.25, -0.2) is 4.79 Å². The first kappa shape index (κ1) is 18.1. The Morgan fingerprint density at radius 3 is 2.43 bits per heavy atom. The molecule has 2 heterocycles. The highest BCUT2D eigenvalue weighted by Gasteiger charge is 2.34. The van der Waals surface area contributed by atoms with Gasteiger partial charge in [0.2, 0.25) is 0 Å². The van der Waals surface area contributed by atoms with E-state index >= 15 is 0 Å². The lowest BCUT2D eigenvalue weighted by atomic mass is 10.1. The number of pyridine rings is 1.